The SMILES string of the molecule is COc1ccc(OCCNC(=O)C2CCN(C(=O)NC(C)C)CC2)cc1. The Kier molecular flexibility index (Phi) is 7.56. The van der Waals surface area contributed by atoms with Crippen molar-refractivity contribution in [1.82, 2.24) is 15.5 Å². The minimum absolute atomic E-state index is 0.0345. The number of benzene rings is 1. The van der Waals surface area contributed by atoms with Crippen LogP contribution in [0.5, 0.6) is 11.5 Å². The molecule has 0 saturated carbocycles. The van der Waals surface area contributed by atoms with Crippen LogP contribution in [0.1, 0.15) is 26.7 Å². The maximum absolute atomic E-state index is 12.2. The first-order valence-electron chi connectivity index (χ1n) is 9.09. The van der Waals surface area contributed by atoms with Crippen LogP contribution in [0.4, 0.5) is 4.79 Å². The summed E-state index contributed by atoms with van der Waals surface area (Å²) in [6.45, 7) is 5.96. The van der Waals surface area contributed by atoms with Gasteiger partial charge in [0.05, 0.1) is 13.7 Å². The molecular weight excluding hydrogens is 334 g/mol. The molecule has 7 heteroatoms. The summed E-state index contributed by atoms with van der Waals surface area (Å²) in [5, 5.41) is 5.80. The molecule has 1 fully saturated rings. The normalized spacial score (nSPS) is 14.8. The molecule has 1 heterocycles. The first kappa shape index (κ1) is 19.9. The summed E-state index contributed by atoms with van der Waals surface area (Å²) in [4.78, 5) is 26.0. The van der Waals surface area contributed by atoms with Crippen LogP contribution in [0.15, 0.2) is 24.3 Å². The van der Waals surface area contributed by atoms with E-state index in [0.29, 0.717) is 39.1 Å². The van der Waals surface area contributed by atoms with Crippen LogP contribution in [-0.4, -0.2) is 56.2 Å². The van der Waals surface area contributed by atoms with Gasteiger partial charge in [0, 0.05) is 25.0 Å². The van der Waals surface area contributed by atoms with Crippen molar-refractivity contribution < 1.29 is 19.1 Å². The Morgan fingerprint density at radius 1 is 1.15 bits per heavy atom. The molecule has 2 N–H and O–H groups in total. The van der Waals surface area contributed by atoms with E-state index in [2.05, 4.69) is 10.6 Å². The van der Waals surface area contributed by atoms with Crippen LogP contribution in [0.25, 0.3) is 0 Å². The molecule has 0 aromatic heterocycles. The molecule has 0 radical (unpaired) electrons. The van der Waals surface area contributed by atoms with Gasteiger partial charge in [0.1, 0.15) is 18.1 Å². The van der Waals surface area contributed by atoms with E-state index in [-0.39, 0.29) is 23.9 Å². The van der Waals surface area contributed by atoms with Gasteiger partial charge in [0.2, 0.25) is 5.91 Å². The standard InChI is InChI=1S/C19H29N3O4/c1-14(2)21-19(24)22-11-8-15(9-12-22)18(23)20-10-13-26-17-6-4-16(25-3)5-7-17/h4-7,14-15H,8-13H2,1-3H3,(H,20,23)(H,21,24). The molecule has 1 aliphatic rings. The predicted octanol–water partition coefficient (Wildman–Crippen LogP) is 2.02. The van der Waals surface area contributed by atoms with E-state index in [4.69, 9.17) is 9.47 Å². The number of carbonyl (C=O) groups is 2. The molecule has 3 amide bonds. The third-order valence-electron chi connectivity index (χ3n) is 4.29. The average Bonchev–Trinajstić information content (AvgIpc) is 2.65. The van der Waals surface area contributed by atoms with Crippen LogP contribution in [0.2, 0.25) is 0 Å². The van der Waals surface area contributed by atoms with Crippen molar-refractivity contribution in [2.24, 2.45) is 5.92 Å². The van der Waals surface area contributed by atoms with Gasteiger partial charge in [0.25, 0.3) is 0 Å². The third-order valence-corrected chi connectivity index (χ3v) is 4.29. The quantitative estimate of drug-likeness (QED) is 0.727. The second-order valence-electron chi connectivity index (χ2n) is 6.68. The summed E-state index contributed by atoms with van der Waals surface area (Å²) < 4.78 is 10.7. The highest BCUT2D eigenvalue weighted by Crippen LogP contribution is 2.18. The molecule has 26 heavy (non-hydrogen) atoms. The van der Waals surface area contributed by atoms with Gasteiger partial charge < -0.3 is 25.0 Å². The number of likely N-dealkylation sites (tertiary alicyclic amines) is 1. The highest BCUT2D eigenvalue weighted by atomic mass is 16.5. The fourth-order valence-corrected chi connectivity index (χ4v) is 2.84. The summed E-state index contributed by atoms with van der Waals surface area (Å²) in [7, 11) is 1.62. The first-order chi connectivity index (χ1) is 12.5. The van der Waals surface area contributed by atoms with Crippen molar-refractivity contribution in [3.63, 3.8) is 0 Å². The number of nitrogens with zero attached hydrogens (tertiary/aromatic N) is 1. The van der Waals surface area contributed by atoms with E-state index in [1.165, 1.54) is 0 Å². The zero-order chi connectivity index (χ0) is 18.9. The lowest BCUT2D eigenvalue weighted by molar-refractivity contribution is -0.126. The van der Waals surface area contributed by atoms with Crippen molar-refractivity contribution >= 4 is 11.9 Å². The second-order valence-corrected chi connectivity index (χ2v) is 6.68. The zero-order valence-electron chi connectivity index (χ0n) is 15.8. The van der Waals surface area contributed by atoms with Crippen LogP contribution in [0.3, 0.4) is 0 Å². The highest BCUT2D eigenvalue weighted by molar-refractivity contribution is 5.79. The van der Waals surface area contributed by atoms with E-state index in [1.54, 1.807) is 12.0 Å². The number of ether oxygens (including phenoxy) is 2. The van der Waals surface area contributed by atoms with Crippen LogP contribution in [-0.2, 0) is 4.79 Å². The van der Waals surface area contributed by atoms with Gasteiger partial charge >= 0.3 is 6.03 Å². The molecular formula is C19H29N3O4. The fraction of sp³-hybridized carbons (Fsp3) is 0.579. The Bertz CT molecular complexity index is 581. The molecule has 1 aromatic rings. The van der Waals surface area contributed by atoms with Crippen molar-refractivity contribution in [3.05, 3.63) is 24.3 Å². The fourth-order valence-electron chi connectivity index (χ4n) is 2.84. The lowest BCUT2D eigenvalue weighted by Crippen LogP contribution is -2.48. The molecule has 144 valence electrons. The summed E-state index contributed by atoms with van der Waals surface area (Å²) >= 11 is 0. The van der Waals surface area contributed by atoms with Crippen molar-refractivity contribution in [2.45, 2.75) is 32.7 Å². The van der Waals surface area contributed by atoms with Gasteiger partial charge in [-0.25, -0.2) is 4.79 Å². The number of methoxy groups -OCH3 is 1. The Morgan fingerprint density at radius 3 is 2.35 bits per heavy atom. The van der Waals surface area contributed by atoms with E-state index >= 15 is 0 Å². The number of hydrogen-bond acceptors (Lipinski definition) is 4. The molecule has 0 aliphatic carbocycles. The molecule has 0 unspecified atom stereocenters. The van der Waals surface area contributed by atoms with Crippen LogP contribution in [0, 0.1) is 5.92 Å². The molecule has 0 bridgehead atoms. The second kappa shape index (κ2) is 9.89. The average molecular weight is 363 g/mol. The topological polar surface area (TPSA) is 79.9 Å². The van der Waals surface area contributed by atoms with Gasteiger partial charge in [-0.05, 0) is 51.0 Å². The van der Waals surface area contributed by atoms with Gasteiger partial charge in [0.15, 0.2) is 0 Å². The smallest absolute Gasteiger partial charge is 0.317 e. The highest BCUT2D eigenvalue weighted by Gasteiger charge is 2.27. The lowest BCUT2D eigenvalue weighted by atomic mass is 9.96. The summed E-state index contributed by atoms with van der Waals surface area (Å²) in [6, 6.07) is 7.40. The van der Waals surface area contributed by atoms with Gasteiger partial charge in [-0.1, -0.05) is 0 Å². The molecule has 1 saturated heterocycles. The van der Waals surface area contributed by atoms with Crippen LogP contribution >= 0.6 is 0 Å². The lowest BCUT2D eigenvalue weighted by Gasteiger charge is -2.31. The number of piperidine rings is 1. The van der Waals surface area contributed by atoms with Crippen molar-refractivity contribution in [2.75, 3.05) is 33.4 Å². The van der Waals surface area contributed by atoms with E-state index in [0.717, 1.165) is 11.5 Å². The van der Waals surface area contributed by atoms with Crippen molar-refractivity contribution in [1.29, 1.82) is 0 Å². The third kappa shape index (κ3) is 6.13. The van der Waals surface area contributed by atoms with E-state index in [1.807, 2.05) is 38.1 Å². The molecule has 7 nitrogen and oxygen atoms in total. The zero-order valence-corrected chi connectivity index (χ0v) is 15.8. The summed E-state index contributed by atoms with van der Waals surface area (Å²) in [5.41, 5.74) is 0. The molecule has 0 atom stereocenters. The number of hydrogen-bond donors (Lipinski definition) is 2. The summed E-state index contributed by atoms with van der Waals surface area (Å²) in [5.74, 6) is 1.51. The van der Waals surface area contributed by atoms with Gasteiger partial charge in [-0.2, -0.15) is 0 Å². The van der Waals surface area contributed by atoms with E-state index < -0.39 is 0 Å². The predicted molar refractivity (Wildman–Crippen MR) is 99.5 cm³/mol. The maximum atomic E-state index is 12.2. The Balaban J connectivity index is 1.63. The number of rotatable bonds is 7. The number of nitrogens with one attached hydrogen (secondary N) is 2. The van der Waals surface area contributed by atoms with Crippen molar-refractivity contribution in [3.8, 4) is 11.5 Å². The Labute approximate surface area is 155 Å². The first-order valence-corrected chi connectivity index (χ1v) is 9.09. The van der Waals surface area contributed by atoms with Gasteiger partial charge in [-0.3, -0.25) is 4.79 Å². The number of amides is 3. The van der Waals surface area contributed by atoms with Crippen LogP contribution < -0.4 is 20.1 Å². The number of urea groups is 1. The Morgan fingerprint density at radius 2 is 1.77 bits per heavy atom. The molecule has 1 aliphatic heterocycles. The minimum Gasteiger partial charge on any atom is -0.497 e. The Hall–Kier alpha value is -2.44. The van der Waals surface area contributed by atoms with Gasteiger partial charge in [-0.15, -0.1) is 0 Å². The molecule has 1 aromatic carbocycles. The molecule has 0 spiro atoms. The largest absolute Gasteiger partial charge is 0.497 e. The summed E-state index contributed by atoms with van der Waals surface area (Å²) in [6.07, 6.45) is 1.38. The number of carbonyl (C=O) groups excluding carboxylic acids is 2. The monoisotopic (exact) mass is 363 g/mol. The van der Waals surface area contributed by atoms with E-state index in [9.17, 15) is 9.59 Å². The maximum Gasteiger partial charge on any atom is 0.317 e. The minimum atomic E-state index is -0.0493. The molecule has 2 rings (SSSR count).